The number of nitrogens with zero attached hydrogens (tertiary/aromatic N) is 2. The van der Waals surface area contributed by atoms with Crippen LogP contribution >= 0.6 is 0 Å². The number of fused-ring (bicyclic) bond motifs is 1. The molecule has 0 bridgehead atoms. The fourth-order valence-corrected chi connectivity index (χ4v) is 2.07. The molecule has 0 saturated carbocycles. The molecule has 0 amide bonds. The van der Waals surface area contributed by atoms with E-state index in [9.17, 15) is 9.90 Å². The number of aromatic carboxylic acids is 1. The number of rotatable bonds is 2. The summed E-state index contributed by atoms with van der Waals surface area (Å²) in [7, 11) is 0. The topological polar surface area (TPSA) is 66.0 Å². The van der Waals surface area contributed by atoms with Gasteiger partial charge in [0.1, 0.15) is 5.69 Å². The van der Waals surface area contributed by atoms with E-state index in [1.807, 2.05) is 19.9 Å². The van der Waals surface area contributed by atoms with Crippen molar-refractivity contribution in [2.75, 3.05) is 0 Å². The number of carboxylic acid groups (broad SMARTS) is 1. The first-order chi connectivity index (χ1) is 8.06. The first kappa shape index (κ1) is 11.2. The minimum absolute atomic E-state index is 0.0348. The molecule has 1 aromatic carbocycles. The molecule has 1 aromatic heterocycles. The molecule has 0 aliphatic carbocycles. The number of hydrogen-bond donors (Lipinski definition) is 1. The number of carboxylic acids is 1. The normalized spacial score (nSPS) is 10.7. The van der Waals surface area contributed by atoms with E-state index < -0.39 is 5.97 Å². The Hall–Kier alpha value is -2.28. The van der Waals surface area contributed by atoms with E-state index in [4.69, 9.17) is 5.26 Å². The zero-order valence-corrected chi connectivity index (χ0v) is 9.64. The van der Waals surface area contributed by atoms with Crippen molar-refractivity contribution in [2.45, 2.75) is 19.9 Å². The van der Waals surface area contributed by atoms with Crippen molar-refractivity contribution < 1.29 is 9.90 Å². The number of nitriles is 1. The van der Waals surface area contributed by atoms with Gasteiger partial charge in [-0.15, -0.1) is 0 Å². The van der Waals surface area contributed by atoms with Gasteiger partial charge in [0.2, 0.25) is 0 Å². The number of hydrogen-bond acceptors (Lipinski definition) is 2. The molecule has 0 radical (unpaired) electrons. The first-order valence-corrected chi connectivity index (χ1v) is 5.33. The molecule has 0 aliphatic heterocycles. The SMILES string of the molecule is CC(C)n1c(C(=O)O)cc2c(C#N)cccc21. The first-order valence-electron chi connectivity index (χ1n) is 5.33. The van der Waals surface area contributed by atoms with Crippen molar-refractivity contribution >= 4 is 16.9 Å². The van der Waals surface area contributed by atoms with Crippen molar-refractivity contribution in [2.24, 2.45) is 0 Å². The van der Waals surface area contributed by atoms with Crippen LogP contribution in [0.1, 0.15) is 35.9 Å². The van der Waals surface area contributed by atoms with E-state index in [1.165, 1.54) is 0 Å². The van der Waals surface area contributed by atoms with Gasteiger partial charge < -0.3 is 9.67 Å². The zero-order valence-electron chi connectivity index (χ0n) is 9.64. The van der Waals surface area contributed by atoms with Gasteiger partial charge in [0, 0.05) is 11.4 Å². The maximum absolute atomic E-state index is 11.2. The van der Waals surface area contributed by atoms with Gasteiger partial charge in [-0.1, -0.05) is 6.07 Å². The fraction of sp³-hybridized carbons (Fsp3) is 0.231. The minimum Gasteiger partial charge on any atom is -0.477 e. The van der Waals surface area contributed by atoms with Gasteiger partial charge in [-0.3, -0.25) is 0 Å². The largest absolute Gasteiger partial charge is 0.477 e. The zero-order chi connectivity index (χ0) is 12.6. The Kier molecular flexibility index (Phi) is 2.60. The van der Waals surface area contributed by atoms with E-state index in [2.05, 4.69) is 6.07 Å². The lowest BCUT2D eigenvalue weighted by Gasteiger charge is -2.12. The standard InChI is InChI=1S/C13H12N2O2/c1-8(2)15-11-5-3-4-9(7-14)10(11)6-12(15)13(16)17/h3-6,8H,1-2H3,(H,16,17). The monoisotopic (exact) mass is 228 g/mol. The van der Waals surface area contributed by atoms with Gasteiger partial charge in [-0.25, -0.2) is 4.79 Å². The van der Waals surface area contributed by atoms with Crippen molar-refractivity contribution in [3.8, 4) is 6.07 Å². The van der Waals surface area contributed by atoms with Gasteiger partial charge in [0.15, 0.2) is 0 Å². The maximum Gasteiger partial charge on any atom is 0.352 e. The molecule has 0 unspecified atom stereocenters. The second kappa shape index (κ2) is 3.95. The average molecular weight is 228 g/mol. The quantitative estimate of drug-likeness (QED) is 0.859. The number of aromatic nitrogens is 1. The molecular weight excluding hydrogens is 216 g/mol. The third-order valence-electron chi connectivity index (χ3n) is 2.74. The van der Waals surface area contributed by atoms with Gasteiger partial charge in [0.05, 0.1) is 17.1 Å². The lowest BCUT2D eigenvalue weighted by atomic mass is 10.1. The van der Waals surface area contributed by atoms with Crippen LogP contribution in [0.4, 0.5) is 0 Å². The molecule has 2 aromatic rings. The molecule has 2 rings (SSSR count). The van der Waals surface area contributed by atoms with E-state index in [1.54, 1.807) is 22.8 Å². The van der Waals surface area contributed by atoms with E-state index >= 15 is 0 Å². The summed E-state index contributed by atoms with van der Waals surface area (Å²) in [6.07, 6.45) is 0. The summed E-state index contributed by atoms with van der Waals surface area (Å²) in [5, 5.41) is 18.9. The van der Waals surface area contributed by atoms with Crippen LogP contribution in [0.5, 0.6) is 0 Å². The van der Waals surface area contributed by atoms with Crippen LogP contribution < -0.4 is 0 Å². The van der Waals surface area contributed by atoms with E-state index in [-0.39, 0.29) is 11.7 Å². The Balaban J connectivity index is 2.90. The Morgan fingerprint density at radius 1 is 1.47 bits per heavy atom. The van der Waals surface area contributed by atoms with Crippen molar-refractivity contribution in [3.05, 3.63) is 35.5 Å². The van der Waals surface area contributed by atoms with Gasteiger partial charge in [-0.2, -0.15) is 5.26 Å². The highest BCUT2D eigenvalue weighted by molar-refractivity contribution is 5.96. The van der Waals surface area contributed by atoms with E-state index in [0.29, 0.717) is 10.9 Å². The highest BCUT2D eigenvalue weighted by Gasteiger charge is 2.17. The van der Waals surface area contributed by atoms with Crippen LogP contribution in [0.25, 0.3) is 10.9 Å². The Labute approximate surface area is 98.7 Å². The molecule has 0 spiro atoms. The number of benzene rings is 1. The molecule has 0 fully saturated rings. The summed E-state index contributed by atoms with van der Waals surface area (Å²) in [5.41, 5.74) is 1.51. The predicted molar refractivity (Wildman–Crippen MR) is 64.0 cm³/mol. The average Bonchev–Trinajstić information content (AvgIpc) is 2.67. The highest BCUT2D eigenvalue weighted by atomic mass is 16.4. The summed E-state index contributed by atoms with van der Waals surface area (Å²) in [5.74, 6) is -0.973. The lowest BCUT2D eigenvalue weighted by Crippen LogP contribution is -2.10. The summed E-state index contributed by atoms with van der Waals surface area (Å²) < 4.78 is 1.73. The molecule has 0 saturated heterocycles. The van der Waals surface area contributed by atoms with Crippen LogP contribution in [0, 0.1) is 11.3 Å². The molecule has 0 atom stereocenters. The Bertz CT molecular complexity index is 633. The summed E-state index contributed by atoms with van der Waals surface area (Å²) >= 11 is 0. The Morgan fingerprint density at radius 3 is 2.71 bits per heavy atom. The lowest BCUT2D eigenvalue weighted by molar-refractivity contribution is 0.0684. The van der Waals surface area contributed by atoms with Crippen LogP contribution in [0.2, 0.25) is 0 Å². The highest BCUT2D eigenvalue weighted by Crippen LogP contribution is 2.26. The van der Waals surface area contributed by atoms with Crippen LogP contribution in [0.15, 0.2) is 24.3 Å². The summed E-state index contributed by atoms with van der Waals surface area (Å²) in [4.78, 5) is 11.2. The molecule has 0 aliphatic rings. The second-order valence-corrected chi connectivity index (χ2v) is 4.15. The van der Waals surface area contributed by atoms with Gasteiger partial charge >= 0.3 is 5.97 Å². The Morgan fingerprint density at radius 2 is 2.18 bits per heavy atom. The van der Waals surface area contributed by atoms with Crippen molar-refractivity contribution in [1.29, 1.82) is 5.26 Å². The smallest absolute Gasteiger partial charge is 0.352 e. The van der Waals surface area contributed by atoms with Crippen molar-refractivity contribution in [1.82, 2.24) is 4.57 Å². The summed E-state index contributed by atoms with van der Waals surface area (Å²) in [6.45, 7) is 3.84. The van der Waals surface area contributed by atoms with Crippen LogP contribution in [0.3, 0.4) is 0 Å². The molecule has 17 heavy (non-hydrogen) atoms. The molecule has 86 valence electrons. The molecule has 1 heterocycles. The van der Waals surface area contributed by atoms with Crippen molar-refractivity contribution in [3.63, 3.8) is 0 Å². The minimum atomic E-state index is -0.973. The van der Waals surface area contributed by atoms with Gasteiger partial charge in [0.25, 0.3) is 0 Å². The van der Waals surface area contributed by atoms with E-state index in [0.717, 1.165) is 5.52 Å². The molecule has 4 nitrogen and oxygen atoms in total. The fourth-order valence-electron chi connectivity index (χ4n) is 2.07. The summed E-state index contributed by atoms with van der Waals surface area (Å²) in [6, 6.07) is 8.98. The van der Waals surface area contributed by atoms with Gasteiger partial charge in [-0.05, 0) is 32.0 Å². The predicted octanol–water partition coefficient (Wildman–Crippen LogP) is 2.79. The number of carbonyl (C=O) groups is 1. The second-order valence-electron chi connectivity index (χ2n) is 4.15. The van der Waals surface area contributed by atoms with Crippen LogP contribution in [-0.2, 0) is 0 Å². The van der Waals surface area contributed by atoms with Crippen LogP contribution in [-0.4, -0.2) is 15.6 Å². The third kappa shape index (κ3) is 1.66. The molecule has 4 heteroatoms. The molecule has 1 N–H and O–H groups in total. The molecular formula is C13H12N2O2. The maximum atomic E-state index is 11.2. The third-order valence-corrected chi connectivity index (χ3v) is 2.74.